The van der Waals surface area contributed by atoms with Crippen LogP contribution in [0.25, 0.3) is 0 Å². The van der Waals surface area contributed by atoms with Gasteiger partial charge in [-0.1, -0.05) is 18.2 Å². The molecule has 148 valence electrons. The van der Waals surface area contributed by atoms with Crippen molar-refractivity contribution in [1.29, 1.82) is 0 Å². The summed E-state index contributed by atoms with van der Waals surface area (Å²) in [4.78, 5) is 24.8. The van der Waals surface area contributed by atoms with Crippen LogP contribution in [0.2, 0.25) is 0 Å². The number of aromatic nitrogens is 2. The Hall–Kier alpha value is -3.55. The van der Waals surface area contributed by atoms with Gasteiger partial charge in [0.25, 0.3) is 5.91 Å². The smallest absolute Gasteiger partial charge is 0.275 e. The summed E-state index contributed by atoms with van der Waals surface area (Å²) in [5.74, 6) is -0.465. The second-order valence-corrected chi connectivity index (χ2v) is 6.65. The third-order valence-electron chi connectivity index (χ3n) is 4.75. The molecular formula is C21H19F2N5O. The second-order valence-electron chi connectivity index (χ2n) is 6.65. The van der Waals surface area contributed by atoms with Crippen LogP contribution < -0.4 is 15.1 Å². The Morgan fingerprint density at radius 3 is 2.34 bits per heavy atom. The second kappa shape index (κ2) is 8.22. The SMILES string of the molecule is O=C(Nc1cccc(F)c1)c1cnc(N2CCN(c3ccccc3F)CC2)cn1. The van der Waals surface area contributed by atoms with Crippen molar-refractivity contribution in [2.45, 2.75) is 0 Å². The third kappa shape index (κ3) is 4.31. The minimum atomic E-state index is -0.459. The molecule has 1 amide bonds. The van der Waals surface area contributed by atoms with Gasteiger partial charge in [0.05, 0.1) is 18.1 Å². The summed E-state index contributed by atoms with van der Waals surface area (Å²) >= 11 is 0. The first-order chi connectivity index (χ1) is 14.1. The van der Waals surface area contributed by atoms with Gasteiger partial charge in [-0.3, -0.25) is 4.79 Å². The van der Waals surface area contributed by atoms with E-state index in [0.717, 1.165) is 0 Å². The van der Waals surface area contributed by atoms with Crippen molar-refractivity contribution in [2.75, 3.05) is 41.3 Å². The van der Waals surface area contributed by atoms with Crippen LogP contribution in [0.5, 0.6) is 0 Å². The molecule has 2 heterocycles. The van der Waals surface area contributed by atoms with Crippen molar-refractivity contribution in [1.82, 2.24) is 9.97 Å². The van der Waals surface area contributed by atoms with E-state index in [-0.39, 0.29) is 11.5 Å². The Morgan fingerprint density at radius 1 is 0.897 bits per heavy atom. The molecule has 1 fully saturated rings. The van der Waals surface area contributed by atoms with Crippen LogP contribution in [0.3, 0.4) is 0 Å². The van der Waals surface area contributed by atoms with E-state index in [1.165, 1.54) is 30.5 Å². The third-order valence-corrected chi connectivity index (χ3v) is 4.75. The van der Waals surface area contributed by atoms with E-state index in [1.54, 1.807) is 24.4 Å². The lowest BCUT2D eigenvalue weighted by Crippen LogP contribution is -2.47. The summed E-state index contributed by atoms with van der Waals surface area (Å²) in [7, 11) is 0. The molecule has 0 radical (unpaired) electrons. The molecule has 1 saturated heterocycles. The molecule has 1 N–H and O–H groups in total. The molecule has 8 heteroatoms. The van der Waals surface area contributed by atoms with Crippen molar-refractivity contribution in [3.05, 3.63) is 78.3 Å². The number of carbonyl (C=O) groups is 1. The Labute approximate surface area is 166 Å². The Morgan fingerprint density at radius 2 is 1.66 bits per heavy atom. The van der Waals surface area contributed by atoms with Gasteiger partial charge in [0.15, 0.2) is 0 Å². The number of carbonyl (C=O) groups excluding carboxylic acids is 1. The Kier molecular flexibility index (Phi) is 5.33. The highest BCUT2D eigenvalue weighted by Crippen LogP contribution is 2.21. The van der Waals surface area contributed by atoms with Gasteiger partial charge in [-0.2, -0.15) is 0 Å². The summed E-state index contributed by atoms with van der Waals surface area (Å²) in [5.41, 5.74) is 1.09. The largest absolute Gasteiger partial charge is 0.366 e. The van der Waals surface area contributed by atoms with Gasteiger partial charge in [-0.15, -0.1) is 0 Å². The van der Waals surface area contributed by atoms with Crippen LogP contribution in [0.15, 0.2) is 60.9 Å². The molecule has 2 aromatic carbocycles. The summed E-state index contributed by atoms with van der Waals surface area (Å²) in [6.45, 7) is 2.64. The number of hydrogen-bond acceptors (Lipinski definition) is 5. The highest BCUT2D eigenvalue weighted by atomic mass is 19.1. The molecule has 0 bridgehead atoms. The van der Waals surface area contributed by atoms with E-state index in [0.29, 0.717) is 43.4 Å². The average Bonchev–Trinajstić information content (AvgIpc) is 2.74. The Bertz CT molecular complexity index is 1000. The van der Waals surface area contributed by atoms with Gasteiger partial charge in [-0.25, -0.2) is 18.7 Å². The first-order valence-electron chi connectivity index (χ1n) is 9.23. The van der Waals surface area contributed by atoms with Crippen molar-refractivity contribution in [3.8, 4) is 0 Å². The van der Waals surface area contributed by atoms with Crippen LogP contribution >= 0.6 is 0 Å². The fourth-order valence-electron chi connectivity index (χ4n) is 3.25. The van der Waals surface area contributed by atoms with Crippen LogP contribution in [-0.2, 0) is 0 Å². The molecule has 1 aromatic heterocycles. The predicted molar refractivity (Wildman–Crippen MR) is 107 cm³/mol. The van der Waals surface area contributed by atoms with Crippen molar-refractivity contribution >= 4 is 23.1 Å². The van der Waals surface area contributed by atoms with Gasteiger partial charge in [0, 0.05) is 31.9 Å². The normalized spacial score (nSPS) is 14.0. The van der Waals surface area contributed by atoms with Crippen molar-refractivity contribution < 1.29 is 13.6 Å². The lowest BCUT2D eigenvalue weighted by Gasteiger charge is -2.36. The highest BCUT2D eigenvalue weighted by molar-refractivity contribution is 6.02. The molecule has 6 nitrogen and oxygen atoms in total. The Balaban J connectivity index is 1.37. The topological polar surface area (TPSA) is 61.4 Å². The zero-order valence-electron chi connectivity index (χ0n) is 15.6. The number of rotatable bonds is 4. The zero-order valence-corrected chi connectivity index (χ0v) is 15.6. The van der Waals surface area contributed by atoms with E-state index in [4.69, 9.17) is 0 Å². The van der Waals surface area contributed by atoms with Gasteiger partial charge < -0.3 is 15.1 Å². The molecule has 1 aliphatic rings. The maximum atomic E-state index is 14.0. The number of benzene rings is 2. The molecular weight excluding hydrogens is 376 g/mol. The highest BCUT2D eigenvalue weighted by Gasteiger charge is 2.20. The van der Waals surface area contributed by atoms with Crippen LogP contribution in [0, 0.1) is 11.6 Å². The summed E-state index contributed by atoms with van der Waals surface area (Å²) in [6.07, 6.45) is 2.94. The standard InChI is InChI=1S/C21H19F2N5O/c22-15-4-3-5-16(12-15)26-21(29)18-13-25-20(14-24-18)28-10-8-27(9-11-28)19-7-2-1-6-17(19)23/h1-7,12-14H,8-11H2,(H,26,29). The first kappa shape index (κ1) is 18.8. The van der Waals surface area contributed by atoms with Crippen LogP contribution in [-0.4, -0.2) is 42.1 Å². The lowest BCUT2D eigenvalue weighted by atomic mass is 10.2. The van der Waals surface area contributed by atoms with Crippen molar-refractivity contribution in [2.24, 2.45) is 0 Å². The van der Waals surface area contributed by atoms with Gasteiger partial charge in [-0.05, 0) is 30.3 Å². The van der Waals surface area contributed by atoms with Crippen LogP contribution in [0.4, 0.5) is 26.0 Å². The quantitative estimate of drug-likeness (QED) is 0.734. The minimum absolute atomic E-state index is 0.142. The van der Waals surface area contributed by atoms with E-state index in [2.05, 4.69) is 15.3 Å². The molecule has 29 heavy (non-hydrogen) atoms. The number of amides is 1. The number of piperazine rings is 1. The fraction of sp³-hybridized carbons (Fsp3) is 0.190. The van der Waals surface area contributed by atoms with E-state index in [9.17, 15) is 13.6 Å². The maximum Gasteiger partial charge on any atom is 0.275 e. The van der Waals surface area contributed by atoms with Gasteiger partial charge in [0.1, 0.15) is 23.1 Å². The summed E-state index contributed by atoms with van der Waals surface area (Å²) < 4.78 is 27.2. The van der Waals surface area contributed by atoms with E-state index >= 15 is 0 Å². The molecule has 3 aromatic rings. The molecule has 0 unspecified atom stereocenters. The number of anilines is 3. The lowest BCUT2D eigenvalue weighted by molar-refractivity contribution is 0.102. The predicted octanol–water partition coefficient (Wildman–Crippen LogP) is 3.33. The first-order valence-corrected chi connectivity index (χ1v) is 9.23. The monoisotopic (exact) mass is 395 g/mol. The fourth-order valence-corrected chi connectivity index (χ4v) is 3.25. The van der Waals surface area contributed by atoms with E-state index < -0.39 is 11.7 Å². The summed E-state index contributed by atoms with van der Waals surface area (Å²) in [5, 5.41) is 2.59. The van der Waals surface area contributed by atoms with Crippen LogP contribution in [0.1, 0.15) is 10.5 Å². The minimum Gasteiger partial charge on any atom is -0.366 e. The summed E-state index contributed by atoms with van der Waals surface area (Å²) in [6, 6.07) is 12.4. The van der Waals surface area contributed by atoms with Gasteiger partial charge >= 0.3 is 0 Å². The van der Waals surface area contributed by atoms with E-state index in [1.807, 2.05) is 15.9 Å². The maximum absolute atomic E-state index is 14.0. The average molecular weight is 395 g/mol. The molecule has 0 saturated carbocycles. The number of nitrogens with one attached hydrogen (secondary N) is 1. The molecule has 0 atom stereocenters. The zero-order chi connectivity index (χ0) is 20.2. The molecule has 1 aliphatic heterocycles. The van der Waals surface area contributed by atoms with Crippen molar-refractivity contribution in [3.63, 3.8) is 0 Å². The molecule has 0 spiro atoms. The number of para-hydroxylation sites is 1. The van der Waals surface area contributed by atoms with Gasteiger partial charge in [0.2, 0.25) is 0 Å². The number of hydrogen-bond donors (Lipinski definition) is 1. The molecule has 4 rings (SSSR count). The number of nitrogens with zero attached hydrogens (tertiary/aromatic N) is 4. The molecule has 0 aliphatic carbocycles. The number of halogens is 2.